The van der Waals surface area contributed by atoms with E-state index in [0.29, 0.717) is 49.9 Å². The van der Waals surface area contributed by atoms with Crippen LogP contribution in [0.25, 0.3) is 0 Å². The van der Waals surface area contributed by atoms with E-state index in [0.717, 1.165) is 12.0 Å². The number of hydrogen-bond donors (Lipinski definition) is 2. The predicted octanol–water partition coefficient (Wildman–Crippen LogP) is 2.29. The number of amides is 1. The number of benzene rings is 1. The van der Waals surface area contributed by atoms with E-state index in [1.165, 1.54) is 5.56 Å². The summed E-state index contributed by atoms with van der Waals surface area (Å²) in [7, 11) is 0. The second kappa shape index (κ2) is 9.69. The average molecular weight is 399 g/mol. The lowest BCUT2D eigenvalue weighted by molar-refractivity contribution is -0.121. The maximum atomic E-state index is 12.5. The number of morpholine rings is 1. The zero-order valence-corrected chi connectivity index (χ0v) is 17.5. The first kappa shape index (κ1) is 21.0. The second-order valence-corrected chi connectivity index (χ2v) is 7.44. The molecule has 1 aromatic carbocycles. The Kier molecular flexibility index (Phi) is 7.04. The van der Waals surface area contributed by atoms with Gasteiger partial charge in [-0.1, -0.05) is 31.2 Å². The van der Waals surface area contributed by atoms with Crippen molar-refractivity contribution < 1.29 is 9.53 Å². The average Bonchev–Trinajstić information content (AvgIpc) is 2.73. The number of rotatable bonds is 7. The summed E-state index contributed by atoms with van der Waals surface area (Å²) in [5.74, 6) is 0.501. The van der Waals surface area contributed by atoms with Crippen molar-refractivity contribution in [1.82, 2.24) is 15.3 Å². The summed E-state index contributed by atoms with van der Waals surface area (Å²) in [5, 5.41) is 3.01. The fourth-order valence-electron chi connectivity index (χ4n) is 3.49. The van der Waals surface area contributed by atoms with Gasteiger partial charge in [0.1, 0.15) is 0 Å². The van der Waals surface area contributed by atoms with E-state index in [-0.39, 0.29) is 23.9 Å². The topological polar surface area (TPSA) is 87.3 Å². The van der Waals surface area contributed by atoms with Crippen LogP contribution in [0.4, 0.5) is 5.95 Å². The summed E-state index contributed by atoms with van der Waals surface area (Å²) in [6.45, 7) is 8.59. The number of carbonyl (C=O) groups is 1. The van der Waals surface area contributed by atoms with Gasteiger partial charge in [0.05, 0.1) is 19.3 Å². The number of hydrogen-bond acceptors (Lipinski definition) is 5. The standard InChI is InChI=1S/C22H30N4O3/c1-4-17-5-7-18(8-6-17)15(2)23-20(27)10-9-19-16(3)24-22(25-21(19)28)26-11-13-29-14-12-26/h5-8,15H,4,9-14H2,1-3H3,(H,23,27)(H,24,25,28). The van der Waals surface area contributed by atoms with Gasteiger partial charge in [-0.3, -0.25) is 14.6 Å². The lowest BCUT2D eigenvalue weighted by Crippen LogP contribution is -2.38. The first-order valence-electron chi connectivity index (χ1n) is 10.3. The van der Waals surface area contributed by atoms with Crippen LogP contribution in [0.2, 0.25) is 0 Å². The first-order valence-corrected chi connectivity index (χ1v) is 10.3. The molecule has 0 spiro atoms. The highest BCUT2D eigenvalue weighted by Gasteiger charge is 2.17. The SMILES string of the molecule is CCc1ccc(C(C)NC(=O)CCc2c(C)nc(N3CCOCC3)[nH]c2=O)cc1. The molecule has 1 unspecified atom stereocenters. The minimum absolute atomic E-state index is 0.0744. The van der Waals surface area contributed by atoms with Gasteiger partial charge < -0.3 is 15.0 Å². The summed E-state index contributed by atoms with van der Waals surface area (Å²) in [6, 6.07) is 8.19. The number of carbonyl (C=O) groups excluding carboxylic acids is 1. The molecule has 7 heteroatoms. The fourth-order valence-corrected chi connectivity index (χ4v) is 3.49. The lowest BCUT2D eigenvalue weighted by atomic mass is 10.0. The fraction of sp³-hybridized carbons (Fsp3) is 0.500. The predicted molar refractivity (Wildman–Crippen MR) is 113 cm³/mol. The normalized spacial score (nSPS) is 15.2. The molecule has 0 radical (unpaired) electrons. The molecule has 1 fully saturated rings. The second-order valence-electron chi connectivity index (χ2n) is 7.44. The van der Waals surface area contributed by atoms with Crippen molar-refractivity contribution in [2.24, 2.45) is 0 Å². The van der Waals surface area contributed by atoms with Gasteiger partial charge in [-0.15, -0.1) is 0 Å². The molecule has 29 heavy (non-hydrogen) atoms. The minimum atomic E-state index is -0.171. The van der Waals surface area contributed by atoms with E-state index >= 15 is 0 Å². The highest BCUT2D eigenvalue weighted by molar-refractivity contribution is 5.76. The molecule has 0 bridgehead atoms. The molecule has 3 rings (SSSR count). The Morgan fingerprint density at radius 1 is 1.28 bits per heavy atom. The molecule has 1 aromatic heterocycles. The first-order chi connectivity index (χ1) is 14.0. The Balaban J connectivity index is 1.58. The van der Waals surface area contributed by atoms with Crippen LogP contribution in [-0.4, -0.2) is 42.2 Å². The Hall–Kier alpha value is -2.67. The largest absolute Gasteiger partial charge is 0.378 e. The van der Waals surface area contributed by atoms with Crippen LogP contribution in [0.5, 0.6) is 0 Å². The van der Waals surface area contributed by atoms with Crippen molar-refractivity contribution in [3.63, 3.8) is 0 Å². The van der Waals surface area contributed by atoms with Gasteiger partial charge in [0.25, 0.3) is 5.56 Å². The highest BCUT2D eigenvalue weighted by atomic mass is 16.5. The Labute approximate surface area is 171 Å². The van der Waals surface area contributed by atoms with Crippen LogP contribution in [0.1, 0.15) is 48.7 Å². The molecule has 156 valence electrons. The molecule has 1 atom stereocenters. The third kappa shape index (κ3) is 5.44. The van der Waals surface area contributed by atoms with E-state index in [4.69, 9.17) is 4.74 Å². The van der Waals surface area contributed by atoms with Crippen molar-refractivity contribution >= 4 is 11.9 Å². The van der Waals surface area contributed by atoms with Crippen LogP contribution in [-0.2, 0) is 22.4 Å². The number of ether oxygens (including phenoxy) is 1. The van der Waals surface area contributed by atoms with Crippen LogP contribution in [0, 0.1) is 6.92 Å². The van der Waals surface area contributed by atoms with E-state index in [2.05, 4.69) is 34.3 Å². The Bertz CT molecular complexity index is 886. The maximum absolute atomic E-state index is 12.5. The summed E-state index contributed by atoms with van der Waals surface area (Å²) in [5.41, 5.74) is 3.41. The van der Waals surface area contributed by atoms with Gasteiger partial charge in [-0.25, -0.2) is 4.98 Å². The summed E-state index contributed by atoms with van der Waals surface area (Å²) >= 11 is 0. The molecular formula is C22H30N4O3. The number of H-pyrrole nitrogens is 1. The van der Waals surface area contributed by atoms with Gasteiger partial charge >= 0.3 is 0 Å². The molecule has 2 aromatic rings. The van der Waals surface area contributed by atoms with Crippen molar-refractivity contribution in [1.29, 1.82) is 0 Å². The van der Waals surface area contributed by atoms with Crippen molar-refractivity contribution in [3.05, 3.63) is 57.0 Å². The molecule has 1 amide bonds. The van der Waals surface area contributed by atoms with Gasteiger partial charge in [0.2, 0.25) is 11.9 Å². The molecule has 7 nitrogen and oxygen atoms in total. The monoisotopic (exact) mass is 398 g/mol. The Morgan fingerprint density at radius 3 is 2.59 bits per heavy atom. The molecular weight excluding hydrogens is 368 g/mol. The number of nitrogens with zero attached hydrogens (tertiary/aromatic N) is 2. The van der Waals surface area contributed by atoms with Gasteiger partial charge in [0, 0.05) is 30.8 Å². The van der Waals surface area contributed by atoms with E-state index in [9.17, 15) is 9.59 Å². The maximum Gasteiger partial charge on any atom is 0.255 e. The number of anilines is 1. The van der Waals surface area contributed by atoms with Gasteiger partial charge in [-0.05, 0) is 37.8 Å². The van der Waals surface area contributed by atoms with Crippen LogP contribution in [0.15, 0.2) is 29.1 Å². The zero-order valence-electron chi connectivity index (χ0n) is 17.5. The molecule has 2 N–H and O–H groups in total. The molecule has 1 aliphatic rings. The van der Waals surface area contributed by atoms with Gasteiger partial charge in [-0.2, -0.15) is 0 Å². The van der Waals surface area contributed by atoms with Crippen LogP contribution >= 0.6 is 0 Å². The third-order valence-electron chi connectivity index (χ3n) is 5.39. The molecule has 2 heterocycles. The molecule has 0 aliphatic carbocycles. The highest BCUT2D eigenvalue weighted by Crippen LogP contribution is 2.15. The van der Waals surface area contributed by atoms with Crippen molar-refractivity contribution in [2.45, 2.75) is 46.1 Å². The van der Waals surface area contributed by atoms with E-state index in [1.54, 1.807) is 0 Å². The minimum Gasteiger partial charge on any atom is -0.378 e. The summed E-state index contributed by atoms with van der Waals surface area (Å²) < 4.78 is 5.34. The number of aromatic nitrogens is 2. The van der Waals surface area contributed by atoms with Crippen LogP contribution in [0.3, 0.4) is 0 Å². The smallest absolute Gasteiger partial charge is 0.255 e. The number of nitrogens with one attached hydrogen (secondary N) is 2. The van der Waals surface area contributed by atoms with Gasteiger partial charge in [0.15, 0.2) is 0 Å². The quantitative estimate of drug-likeness (QED) is 0.747. The summed E-state index contributed by atoms with van der Waals surface area (Å²) in [6.07, 6.45) is 1.61. The number of aryl methyl sites for hydroxylation is 2. The zero-order chi connectivity index (χ0) is 20.8. The van der Waals surface area contributed by atoms with E-state index in [1.807, 2.05) is 30.9 Å². The Morgan fingerprint density at radius 2 is 1.97 bits per heavy atom. The molecule has 1 aliphatic heterocycles. The van der Waals surface area contributed by atoms with Crippen molar-refractivity contribution in [3.8, 4) is 0 Å². The number of aromatic amines is 1. The third-order valence-corrected chi connectivity index (χ3v) is 5.39. The molecule has 1 saturated heterocycles. The van der Waals surface area contributed by atoms with Crippen molar-refractivity contribution in [2.75, 3.05) is 31.2 Å². The van der Waals surface area contributed by atoms with Crippen LogP contribution < -0.4 is 15.8 Å². The summed E-state index contributed by atoms with van der Waals surface area (Å²) in [4.78, 5) is 34.3. The lowest BCUT2D eigenvalue weighted by Gasteiger charge is -2.27. The molecule has 0 saturated carbocycles. The van der Waals surface area contributed by atoms with E-state index < -0.39 is 0 Å².